The lowest BCUT2D eigenvalue weighted by molar-refractivity contribution is -0.141. The van der Waals surface area contributed by atoms with E-state index >= 15 is 0 Å². The van der Waals surface area contributed by atoms with Gasteiger partial charge in [0, 0.05) is 25.9 Å². The largest absolute Gasteiger partial charge is 0.494 e. The van der Waals surface area contributed by atoms with Gasteiger partial charge in [-0.25, -0.2) is 0 Å². The van der Waals surface area contributed by atoms with Gasteiger partial charge in [0.1, 0.15) is 11.8 Å². The van der Waals surface area contributed by atoms with Gasteiger partial charge in [0.05, 0.1) is 6.61 Å². The van der Waals surface area contributed by atoms with E-state index in [4.69, 9.17) is 4.74 Å². The molecule has 0 aliphatic rings. The zero-order chi connectivity index (χ0) is 25.8. The molecule has 0 spiro atoms. The van der Waals surface area contributed by atoms with Crippen LogP contribution in [-0.4, -0.2) is 35.9 Å². The maximum absolute atomic E-state index is 13.6. The molecule has 36 heavy (non-hydrogen) atoms. The van der Waals surface area contributed by atoms with Crippen molar-refractivity contribution in [2.75, 3.05) is 13.2 Å². The Hall–Kier alpha value is -3.60. The van der Waals surface area contributed by atoms with Crippen LogP contribution in [0.15, 0.2) is 84.9 Å². The lowest BCUT2D eigenvalue weighted by Gasteiger charge is -2.32. The number of ether oxygens (including phenoxy) is 1. The lowest BCUT2D eigenvalue weighted by atomic mass is 10.0. The predicted molar refractivity (Wildman–Crippen MR) is 145 cm³/mol. The summed E-state index contributed by atoms with van der Waals surface area (Å²) in [6.07, 6.45) is 1.34. The van der Waals surface area contributed by atoms with Crippen molar-refractivity contribution in [3.8, 4) is 5.75 Å². The van der Waals surface area contributed by atoms with Crippen molar-refractivity contribution in [1.82, 2.24) is 10.2 Å². The summed E-state index contributed by atoms with van der Waals surface area (Å²) < 4.78 is 5.79. The molecule has 3 aromatic carbocycles. The third-order valence-corrected chi connectivity index (χ3v) is 6.10. The molecule has 0 bridgehead atoms. The van der Waals surface area contributed by atoms with Crippen molar-refractivity contribution in [3.05, 3.63) is 102 Å². The number of nitrogens with zero attached hydrogens (tertiary/aromatic N) is 1. The normalized spacial score (nSPS) is 11.7. The molecule has 0 fully saturated rings. The van der Waals surface area contributed by atoms with E-state index in [1.165, 1.54) is 0 Å². The smallest absolute Gasteiger partial charge is 0.243 e. The minimum absolute atomic E-state index is 0.0458. The highest BCUT2D eigenvalue weighted by Crippen LogP contribution is 2.19. The minimum atomic E-state index is -0.603. The quantitative estimate of drug-likeness (QED) is 0.322. The summed E-state index contributed by atoms with van der Waals surface area (Å²) in [6, 6.07) is 26.9. The van der Waals surface area contributed by atoms with E-state index in [0.29, 0.717) is 44.9 Å². The molecule has 0 unspecified atom stereocenters. The first-order valence-electron chi connectivity index (χ1n) is 12.8. The molecule has 3 rings (SSSR count). The Morgan fingerprint density at radius 1 is 0.889 bits per heavy atom. The second kappa shape index (κ2) is 14.1. The Bertz CT molecular complexity index is 1080. The fourth-order valence-corrected chi connectivity index (χ4v) is 4.02. The third-order valence-electron chi connectivity index (χ3n) is 6.10. The second-order valence-corrected chi connectivity index (χ2v) is 9.56. The molecule has 0 aliphatic carbocycles. The van der Waals surface area contributed by atoms with Crippen LogP contribution in [0.2, 0.25) is 0 Å². The molecular weight excluding hydrogens is 448 g/mol. The fourth-order valence-electron chi connectivity index (χ4n) is 4.02. The van der Waals surface area contributed by atoms with Crippen LogP contribution >= 0.6 is 0 Å². The van der Waals surface area contributed by atoms with Crippen LogP contribution in [0.5, 0.6) is 5.75 Å². The fraction of sp³-hybridized carbons (Fsp3) is 0.355. The minimum Gasteiger partial charge on any atom is -0.494 e. The van der Waals surface area contributed by atoms with Gasteiger partial charge in [-0.1, -0.05) is 86.6 Å². The molecule has 0 aliphatic heterocycles. The van der Waals surface area contributed by atoms with Gasteiger partial charge in [-0.05, 0) is 48.1 Å². The summed E-state index contributed by atoms with van der Waals surface area (Å²) in [5.41, 5.74) is 3.17. The average molecular weight is 487 g/mol. The topological polar surface area (TPSA) is 58.6 Å². The van der Waals surface area contributed by atoms with Gasteiger partial charge in [0.2, 0.25) is 11.8 Å². The van der Waals surface area contributed by atoms with Gasteiger partial charge >= 0.3 is 0 Å². The van der Waals surface area contributed by atoms with Crippen molar-refractivity contribution >= 4 is 11.8 Å². The Morgan fingerprint density at radius 3 is 2.19 bits per heavy atom. The number of rotatable bonds is 13. The van der Waals surface area contributed by atoms with E-state index in [1.54, 1.807) is 4.90 Å². The first-order chi connectivity index (χ1) is 17.4. The first-order valence-corrected chi connectivity index (χ1v) is 12.8. The van der Waals surface area contributed by atoms with Crippen LogP contribution in [-0.2, 0) is 22.6 Å². The molecule has 190 valence electrons. The van der Waals surface area contributed by atoms with Gasteiger partial charge in [-0.2, -0.15) is 0 Å². The van der Waals surface area contributed by atoms with E-state index in [-0.39, 0.29) is 11.8 Å². The van der Waals surface area contributed by atoms with Gasteiger partial charge < -0.3 is 15.0 Å². The number of para-hydroxylation sites is 1. The van der Waals surface area contributed by atoms with Crippen LogP contribution in [0.3, 0.4) is 0 Å². The number of nitrogens with one attached hydrogen (secondary N) is 1. The Kier molecular flexibility index (Phi) is 10.6. The van der Waals surface area contributed by atoms with Crippen molar-refractivity contribution < 1.29 is 14.3 Å². The van der Waals surface area contributed by atoms with Crippen molar-refractivity contribution in [3.63, 3.8) is 0 Å². The maximum Gasteiger partial charge on any atom is 0.243 e. The summed E-state index contributed by atoms with van der Waals surface area (Å²) in [5.74, 6) is 0.948. The summed E-state index contributed by atoms with van der Waals surface area (Å²) >= 11 is 0. The number of carbonyl (C=O) groups excluding carboxylic acids is 2. The van der Waals surface area contributed by atoms with Crippen LogP contribution in [0, 0.1) is 12.8 Å². The molecule has 0 radical (unpaired) electrons. The monoisotopic (exact) mass is 486 g/mol. The number of hydrogen-bond acceptors (Lipinski definition) is 3. The molecule has 0 aromatic heterocycles. The van der Waals surface area contributed by atoms with E-state index in [0.717, 1.165) is 22.4 Å². The van der Waals surface area contributed by atoms with Crippen LogP contribution in [0.1, 0.15) is 43.4 Å². The molecule has 1 N–H and O–H groups in total. The average Bonchev–Trinajstić information content (AvgIpc) is 2.89. The Morgan fingerprint density at radius 2 is 1.53 bits per heavy atom. The van der Waals surface area contributed by atoms with Gasteiger partial charge in [-0.15, -0.1) is 0 Å². The highest BCUT2D eigenvalue weighted by molar-refractivity contribution is 5.88. The molecule has 1 atom stereocenters. The Balaban J connectivity index is 1.80. The van der Waals surface area contributed by atoms with Crippen molar-refractivity contribution in [2.24, 2.45) is 5.92 Å². The van der Waals surface area contributed by atoms with Crippen molar-refractivity contribution in [2.45, 2.75) is 52.6 Å². The van der Waals surface area contributed by atoms with Gasteiger partial charge in [0.15, 0.2) is 0 Å². The molecule has 0 heterocycles. The number of amides is 2. The summed E-state index contributed by atoms with van der Waals surface area (Å²) in [7, 11) is 0. The zero-order valence-corrected chi connectivity index (χ0v) is 21.7. The summed E-state index contributed by atoms with van der Waals surface area (Å²) in [4.78, 5) is 28.9. The van der Waals surface area contributed by atoms with E-state index in [2.05, 4.69) is 19.2 Å². The van der Waals surface area contributed by atoms with Crippen LogP contribution in [0.25, 0.3) is 0 Å². The van der Waals surface area contributed by atoms with Crippen LogP contribution in [0.4, 0.5) is 0 Å². The highest BCUT2D eigenvalue weighted by atomic mass is 16.5. The molecule has 0 saturated carbocycles. The van der Waals surface area contributed by atoms with E-state index in [1.807, 2.05) is 91.9 Å². The lowest BCUT2D eigenvalue weighted by Crippen LogP contribution is -2.51. The molecule has 3 aromatic rings. The standard InChI is InChI=1S/C31H38N2O3/c1-24(2)22-32-31(35)29(21-26-14-6-4-7-15-26)33(23-27-16-11-10-13-25(27)3)30(34)19-12-20-36-28-17-8-5-9-18-28/h4-11,13-18,24,29H,12,19-23H2,1-3H3,(H,32,35)/t29-/m1/s1. The molecular formula is C31H38N2O3. The summed E-state index contributed by atoms with van der Waals surface area (Å²) in [5, 5.41) is 3.07. The van der Waals surface area contributed by atoms with Gasteiger partial charge in [-0.3, -0.25) is 9.59 Å². The number of aryl methyl sites for hydroxylation is 1. The van der Waals surface area contributed by atoms with E-state index in [9.17, 15) is 9.59 Å². The molecule has 0 saturated heterocycles. The van der Waals surface area contributed by atoms with Crippen LogP contribution < -0.4 is 10.1 Å². The number of hydrogen-bond donors (Lipinski definition) is 1. The van der Waals surface area contributed by atoms with Crippen molar-refractivity contribution in [1.29, 1.82) is 0 Å². The zero-order valence-electron chi connectivity index (χ0n) is 21.7. The highest BCUT2D eigenvalue weighted by Gasteiger charge is 2.30. The Labute approximate surface area is 215 Å². The number of carbonyl (C=O) groups is 2. The molecule has 5 nitrogen and oxygen atoms in total. The first kappa shape index (κ1) is 27.0. The number of benzene rings is 3. The van der Waals surface area contributed by atoms with E-state index < -0.39 is 6.04 Å². The molecule has 2 amide bonds. The SMILES string of the molecule is Cc1ccccc1CN(C(=O)CCCOc1ccccc1)[C@H](Cc1ccccc1)C(=O)NCC(C)C. The maximum atomic E-state index is 13.6. The summed E-state index contributed by atoms with van der Waals surface area (Å²) in [6.45, 7) is 7.57. The van der Waals surface area contributed by atoms with Gasteiger partial charge in [0.25, 0.3) is 0 Å². The predicted octanol–water partition coefficient (Wildman–Crippen LogP) is 5.57. The third kappa shape index (κ3) is 8.56. The molecule has 5 heteroatoms. The second-order valence-electron chi connectivity index (χ2n) is 9.56.